The normalized spacial score (nSPS) is 21.9. The Morgan fingerprint density at radius 2 is 2.21 bits per heavy atom. The van der Waals surface area contributed by atoms with E-state index in [0.717, 1.165) is 42.7 Å². The number of thioether (sulfide) groups is 1. The van der Waals surface area contributed by atoms with Crippen LogP contribution in [0.3, 0.4) is 0 Å². The smallest absolute Gasteiger partial charge is 0.202 e. The van der Waals surface area contributed by atoms with E-state index in [9.17, 15) is 4.79 Å². The molecule has 0 bridgehead atoms. The molecule has 0 amide bonds. The van der Waals surface area contributed by atoms with Gasteiger partial charge in [0.05, 0.1) is 18.4 Å². The third-order valence-corrected chi connectivity index (χ3v) is 8.11. The highest BCUT2D eigenvalue weighted by Gasteiger charge is 2.60. The van der Waals surface area contributed by atoms with Crippen LogP contribution in [0, 0.1) is 12.8 Å². The molecular formula is C24H29N5O3S. The van der Waals surface area contributed by atoms with E-state index in [1.807, 2.05) is 24.6 Å². The fourth-order valence-electron chi connectivity index (χ4n) is 5.10. The highest BCUT2D eigenvalue weighted by Crippen LogP contribution is 2.59. The van der Waals surface area contributed by atoms with Crippen LogP contribution in [0.15, 0.2) is 34.2 Å². The number of aryl methyl sites for hydroxylation is 1. The van der Waals surface area contributed by atoms with Crippen molar-refractivity contribution in [3.63, 3.8) is 0 Å². The molecule has 2 aromatic heterocycles. The number of ether oxygens (including phenoxy) is 1. The predicted molar refractivity (Wildman–Crippen MR) is 126 cm³/mol. The third-order valence-electron chi connectivity index (χ3n) is 7.00. The average molecular weight is 468 g/mol. The number of ketones is 1. The molecule has 0 unspecified atom stereocenters. The quantitative estimate of drug-likeness (QED) is 0.267. The zero-order valence-corrected chi connectivity index (χ0v) is 20.3. The van der Waals surface area contributed by atoms with E-state index in [1.54, 1.807) is 25.8 Å². The summed E-state index contributed by atoms with van der Waals surface area (Å²) in [6.07, 6.45) is 3.73. The van der Waals surface area contributed by atoms with Crippen LogP contribution in [0.2, 0.25) is 0 Å². The summed E-state index contributed by atoms with van der Waals surface area (Å²) < 4.78 is 12.8. The largest absolute Gasteiger partial charge is 0.496 e. The van der Waals surface area contributed by atoms with Crippen LogP contribution in [-0.4, -0.2) is 62.9 Å². The number of benzene rings is 1. The number of rotatable bonds is 9. The number of nitrogens with zero attached hydrogens (tertiary/aromatic N) is 5. The minimum Gasteiger partial charge on any atom is -0.496 e. The lowest BCUT2D eigenvalue weighted by atomic mass is 9.92. The predicted octanol–water partition coefficient (Wildman–Crippen LogP) is 3.75. The van der Waals surface area contributed by atoms with Gasteiger partial charge in [-0.2, -0.15) is 0 Å². The van der Waals surface area contributed by atoms with Crippen LogP contribution in [0.5, 0.6) is 5.75 Å². The molecule has 2 fully saturated rings. The topological polar surface area (TPSA) is 86.3 Å². The van der Waals surface area contributed by atoms with E-state index in [0.29, 0.717) is 28.8 Å². The fraction of sp³-hybridized carbons (Fsp3) is 0.500. The van der Waals surface area contributed by atoms with Crippen molar-refractivity contribution in [2.75, 3.05) is 32.5 Å². The molecule has 3 aromatic rings. The molecule has 33 heavy (non-hydrogen) atoms. The van der Waals surface area contributed by atoms with Crippen LogP contribution in [0.4, 0.5) is 0 Å². The molecule has 1 saturated carbocycles. The van der Waals surface area contributed by atoms with E-state index in [2.05, 4.69) is 32.2 Å². The van der Waals surface area contributed by atoms with Gasteiger partial charge < -0.3 is 18.6 Å². The summed E-state index contributed by atoms with van der Waals surface area (Å²) in [6, 6.07) is 6.15. The number of piperidine rings is 1. The van der Waals surface area contributed by atoms with Crippen molar-refractivity contribution in [1.29, 1.82) is 0 Å². The standard InChI is InChI=1S/C24H29N5O3S/c1-15-21(32-14-25-15)22-26-27-23(28(22)3)33-9-5-8-29-12-18-11-24(18,13-29)17-6-7-20(31-4)19(10-17)16(2)30/h6-7,10,14,18H,5,8-9,11-13H2,1-4H3/t18-,24-/m0/s1. The van der Waals surface area contributed by atoms with Crippen LogP contribution in [0.25, 0.3) is 11.6 Å². The Morgan fingerprint density at radius 3 is 2.94 bits per heavy atom. The first kappa shape index (κ1) is 22.2. The summed E-state index contributed by atoms with van der Waals surface area (Å²) >= 11 is 1.72. The van der Waals surface area contributed by atoms with Gasteiger partial charge in [-0.15, -0.1) is 10.2 Å². The van der Waals surface area contributed by atoms with Gasteiger partial charge in [-0.1, -0.05) is 17.8 Å². The highest BCUT2D eigenvalue weighted by atomic mass is 32.2. The SMILES string of the molecule is COc1ccc([C@@]23C[C@H]2CN(CCCSc2nnc(-c4ocnc4C)n2C)C3)cc1C(C)=O. The van der Waals surface area contributed by atoms with Crippen molar-refractivity contribution >= 4 is 17.5 Å². The zero-order chi connectivity index (χ0) is 23.2. The van der Waals surface area contributed by atoms with Gasteiger partial charge in [-0.05, 0) is 56.8 Å². The first-order chi connectivity index (χ1) is 15.9. The van der Waals surface area contributed by atoms with Gasteiger partial charge in [0.15, 0.2) is 23.1 Å². The summed E-state index contributed by atoms with van der Waals surface area (Å²) in [4.78, 5) is 18.8. The lowest BCUT2D eigenvalue weighted by molar-refractivity contribution is 0.101. The Bertz CT molecular complexity index is 1190. The van der Waals surface area contributed by atoms with E-state index in [1.165, 1.54) is 18.4 Å². The monoisotopic (exact) mass is 467 g/mol. The molecule has 5 rings (SSSR count). The van der Waals surface area contributed by atoms with Crippen molar-refractivity contribution in [2.45, 2.75) is 37.3 Å². The number of oxazole rings is 1. The van der Waals surface area contributed by atoms with Crippen molar-refractivity contribution in [3.8, 4) is 17.3 Å². The van der Waals surface area contributed by atoms with Crippen LogP contribution in [0.1, 0.15) is 41.4 Å². The first-order valence-electron chi connectivity index (χ1n) is 11.3. The third kappa shape index (κ3) is 3.97. The molecule has 8 nitrogen and oxygen atoms in total. The zero-order valence-electron chi connectivity index (χ0n) is 19.5. The second kappa shape index (κ2) is 8.61. The minimum atomic E-state index is 0.0552. The molecule has 2 aliphatic rings. The fourth-order valence-corrected chi connectivity index (χ4v) is 5.94. The maximum absolute atomic E-state index is 12.1. The molecule has 174 valence electrons. The number of hydrogen-bond acceptors (Lipinski definition) is 8. The summed E-state index contributed by atoms with van der Waals surface area (Å²) in [5.74, 6) is 3.76. The summed E-state index contributed by atoms with van der Waals surface area (Å²) in [6.45, 7) is 6.76. The average Bonchev–Trinajstić information content (AvgIpc) is 3.10. The van der Waals surface area contributed by atoms with Gasteiger partial charge >= 0.3 is 0 Å². The van der Waals surface area contributed by atoms with E-state index in [-0.39, 0.29) is 11.2 Å². The summed E-state index contributed by atoms with van der Waals surface area (Å²) in [5, 5.41) is 9.49. The number of methoxy groups -OCH3 is 1. The molecule has 1 aliphatic carbocycles. The lowest BCUT2D eigenvalue weighted by Crippen LogP contribution is -2.28. The maximum Gasteiger partial charge on any atom is 0.202 e. The number of Topliss-reactive ketones (excluding diaryl/α,β-unsaturated/α-hetero) is 1. The van der Waals surface area contributed by atoms with Crippen LogP contribution < -0.4 is 4.74 Å². The second-order valence-electron chi connectivity index (χ2n) is 9.10. The van der Waals surface area contributed by atoms with E-state index in [4.69, 9.17) is 9.15 Å². The number of fused-ring (bicyclic) bond motifs is 1. The summed E-state index contributed by atoms with van der Waals surface area (Å²) in [5.41, 5.74) is 2.99. The molecule has 1 aliphatic heterocycles. The molecule has 1 saturated heterocycles. The maximum atomic E-state index is 12.1. The molecule has 3 heterocycles. The molecule has 0 radical (unpaired) electrons. The van der Waals surface area contributed by atoms with E-state index < -0.39 is 0 Å². The van der Waals surface area contributed by atoms with Crippen molar-refractivity contribution < 1.29 is 13.9 Å². The van der Waals surface area contributed by atoms with Crippen LogP contribution in [-0.2, 0) is 12.5 Å². The Balaban J connectivity index is 1.16. The number of carbonyl (C=O) groups excluding carboxylic acids is 1. The first-order valence-corrected chi connectivity index (χ1v) is 12.3. The van der Waals surface area contributed by atoms with Gasteiger partial charge in [-0.3, -0.25) is 4.79 Å². The second-order valence-corrected chi connectivity index (χ2v) is 10.2. The Labute approximate surface area is 197 Å². The number of hydrogen-bond donors (Lipinski definition) is 0. The molecule has 0 N–H and O–H groups in total. The van der Waals surface area contributed by atoms with Crippen molar-refractivity contribution in [3.05, 3.63) is 41.4 Å². The lowest BCUT2D eigenvalue weighted by Gasteiger charge is -2.21. The van der Waals surface area contributed by atoms with Crippen molar-refractivity contribution in [2.24, 2.45) is 13.0 Å². The molecule has 2 atom stereocenters. The number of likely N-dealkylation sites (tertiary alicyclic amines) is 1. The van der Waals surface area contributed by atoms with Gasteiger partial charge in [0.1, 0.15) is 5.75 Å². The summed E-state index contributed by atoms with van der Waals surface area (Å²) in [7, 11) is 3.58. The Hall–Kier alpha value is -2.65. The Morgan fingerprint density at radius 1 is 1.36 bits per heavy atom. The molecular weight excluding hydrogens is 438 g/mol. The number of carbonyl (C=O) groups is 1. The van der Waals surface area contributed by atoms with E-state index >= 15 is 0 Å². The molecule has 1 aromatic carbocycles. The minimum absolute atomic E-state index is 0.0552. The van der Waals surface area contributed by atoms with Gasteiger partial charge in [0.25, 0.3) is 0 Å². The van der Waals surface area contributed by atoms with Gasteiger partial charge in [0, 0.05) is 31.3 Å². The van der Waals surface area contributed by atoms with Gasteiger partial charge in [-0.25, -0.2) is 4.98 Å². The van der Waals surface area contributed by atoms with Crippen LogP contribution >= 0.6 is 11.8 Å². The Kier molecular flexibility index (Phi) is 5.78. The molecule has 0 spiro atoms. The highest BCUT2D eigenvalue weighted by molar-refractivity contribution is 7.99. The van der Waals surface area contributed by atoms with Gasteiger partial charge in [0.2, 0.25) is 5.82 Å². The number of aromatic nitrogens is 4. The molecule has 9 heteroatoms. The van der Waals surface area contributed by atoms with Crippen molar-refractivity contribution in [1.82, 2.24) is 24.6 Å².